The van der Waals surface area contributed by atoms with Crippen molar-refractivity contribution >= 4 is 11.9 Å². The SMILES string of the molecule is CCN1CCC(CNC(=NC)N2CCN(C(=O)C3CCCO3)CC2)C1. The van der Waals surface area contributed by atoms with Gasteiger partial charge in [-0.15, -0.1) is 0 Å². The maximum absolute atomic E-state index is 12.4. The number of likely N-dealkylation sites (tertiary alicyclic amines) is 1. The van der Waals surface area contributed by atoms with Gasteiger partial charge in [0.25, 0.3) is 5.91 Å². The molecule has 3 rings (SSSR count). The minimum Gasteiger partial charge on any atom is -0.368 e. The van der Waals surface area contributed by atoms with Gasteiger partial charge in [-0.3, -0.25) is 9.79 Å². The number of ether oxygens (including phenoxy) is 1. The standard InChI is InChI=1S/C18H33N5O2/c1-3-21-7-6-15(14-21)13-20-18(19-2)23-10-8-22(9-11-23)17(24)16-5-4-12-25-16/h15-16H,3-14H2,1-2H3,(H,19,20). The number of aliphatic imine (C=N–C) groups is 1. The molecule has 3 fully saturated rings. The molecular formula is C18H33N5O2. The molecule has 7 nitrogen and oxygen atoms in total. The molecule has 2 unspecified atom stereocenters. The second kappa shape index (κ2) is 8.85. The van der Waals surface area contributed by atoms with Crippen LogP contribution in [0.5, 0.6) is 0 Å². The van der Waals surface area contributed by atoms with Crippen LogP contribution in [0.2, 0.25) is 0 Å². The summed E-state index contributed by atoms with van der Waals surface area (Å²) in [4.78, 5) is 23.6. The lowest BCUT2D eigenvalue weighted by Gasteiger charge is -2.37. The Labute approximate surface area is 151 Å². The number of guanidine groups is 1. The fourth-order valence-corrected chi connectivity index (χ4v) is 4.05. The molecule has 3 saturated heterocycles. The number of hydrogen-bond donors (Lipinski definition) is 1. The van der Waals surface area contributed by atoms with Gasteiger partial charge in [0.15, 0.2) is 5.96 Å². The van der Waals surface area contributed by atoms with E-state index in [1.165, 1.54) is 19.5 Å². The van der Waals surface area contributed by atoms with Crippen molar-refractivity contribution in [1.82, 2.24) is 20.0 Å². The van der Waals surface area contributed by atoms with Gasteiger partial charge in [0, 0.05) is 52.9 Å². The summed E-state index contributed by atoms with van der Waals surface area (Å²) in [7, 11) is 1.85. The number of nitrogens with zero attached hydrogens (tertiary/aromatic N) is 4. The summed E-state index contributed by atoms with van der Waals surface area (Å²) in [6, 6.07) is 0. The van der Waals surface area contributed by atoms with Crippen LogP contribution in [0.4, 0.5) is 0 Å². The molecule has 142 valence electrons. The van der Waals surface area contributed by atoms with Gasteiger partial charge >= 0.3 is 0 Å². The lowest BCUT2D eigenvalue weighted by Crippen LogP contribution is -2.55. The second-order valence-corrected chi connectivity index (χ2v) is 7.29. The molecule has 0 spiro atoms. The van der Waals surface area contributed by atoms with Gasteiger partial charge in [0.1, 0.15) is 6.10 Å². The Balaban J connectivity index is 1.42. The number of rotatable bonds is 4. The molecule has 0 bridgehead atoms. The second-order valence-electron chi connectivity index (χ2n) is 7.29. The largest absolute Gasteiger partial charge is 0.368 e. The Morgan fingerprint density at radius 2 is 1.92 bits per heavy atom. The Morgan fingerprint density at radius 3 is 2.52 bits per heavy atom. The van der Waals surface area contributed by atoms with Gasteiger partial charge in [-0.05, 0) is 38.3 Å². The van der Waals surface area contributed by atoms with Crippen LogP contribution >= 0.6 is 0 Å². The van der Waals surface area contributed by atoms with Crippen LogP contribution in [0, 0.1) is 5.92 Å². The molecular weight excluding hydrogens is 318 g/mol. The zero-order valence-corrected chi connectivity index (χ0v) is 15.7. The number of hydrogen-bond acceptors (Lipinski definition) is 4. The van der Waals surface area contributed by atoms with E-state index in [1.54, 1.807) is 0 Å². The predicted molar refractivity (Wildman–Crippen MR) is 98.7 cm³/mol. The van der Waals surface area contributed by atoms with Crippen LogP contribution in [-0.4, -0.2) is 98.7 Å². The van der Waals surface area contributed by atoms with E-state index in [9.17, 15) is 4.79 Å². The maximum atomic E-state index is 12.4. The van der Waals surface area contributed by atoms with Crippen LogP contribution in [0.25, 0.3) is 0 Å². The zero-order valence-electron chi connectivity index (χ0n) is 15.7. The fourth-order valence-electron chi connectivity index (χ4n) is 4.05. The normalized spacial score (nSPS) is 28.6. The highest BCUT2D eigenvalue weighted by atomic mass is 16.5. The zero-order chi connectivity index (χ0) is 17.6. The van der Waals surface area contributed by atoms with Crippen LogP contribution in [0.3, 0.4) is 0 Å². The lowest BCUT2D eigenvalue weighted by atomic mass is 10.1. The van der Waals surface area contributed by atoms with Crippen molar-refractivity contribution in [1.29, 1.82) is 0 Å². The molecule has 0 radical (unpaired) electrons. The van der Waals surface area contributed by atoms with Crippen molar-refractivity contribution in [3.05, 3.63) is 0 Å². The van der Waals surface area contributed by atoms with Crippen LogP contribution in [0.15, 0.2) is 4.99 Å². The number of amides is 1. The minimum atomic E-state index is -0.201. The molecule has 3 heterocycles. The molecule has 3 aliphatic heterocycles. The van der Waals surface area contributed by atoms with E-state index in [1.807, 2.05) is 11.9 Å². The first kappa shape index (κ1) is 18.5. The number of nitrogens with one attached hydrogen (secondary N) is 1. The number of carbonyl (C=O) groups excluding carboxylic acids is 1. The third-order valence-electron chi connectivity index (χ3n) is 5.67. The smallest absolute Gasteiger partial charge is 0.251 e. The lowest BCUT2D eigenvalue weighted by molar-refractivity contribution is -0.142. The highest BCUT2D eigenvalue weighted by molar-refractivity contribution is 5.82. The quantitative estimate of drug-likeness (QED) is 0.580. The van der Waals surface area contributed by atoms with Crippen molar-refractivity contribution in [3.8, 4) is 0 Å². The third-order valence-corrected chi connectivity index (χ3v) is 5.67. The van der Waals surface area contributed by atoms with Gasteiger partial charge in [-0.25, -0.2) is 0 Å². The summed E-state index contributed by atoms with van der Waals surface area (Å²) in [6.45, 7) is 10.7. The van der Waals surface area contributed by atoms with Crippen molar-refractivity contribution in [2.24, 2.45) is 10.9 Å². The van der Waals surface area contributed by atoms with Gasteiger partial charge < -0.3 is 24.8 Å². The van der Waals surface area contributed by atoms with Crippen LogP contribution in [-0.2, 0) is 9.53 Å². The average molecular weight is 351 g/mol. The first-order valence-electron chi connectivity index (χ1n) is 9.79. The van der Waals surface area contributed by atoms with E-state index < -0.39 is 0 Å². The highest BCUT2D eigenvalue weighted by Crippen LogP contribution is 2.17. The molecule has 7 heteroatoms. The van der Waals surface area contributed by atoms with E-state index in [2.05, 4.69) is 27.0 Å². The summed E-state index contributed by atoms with van der Waals surface area (Å²) in [5, 5.41) is 3.55. The van der Waals surface area contributed by atoms with Crippen molar-refractivity contribution in [3.63, 3.8) is 0 Å². The molecule has 25 heavy (non-hydrogen) atoms. The molecule has 1 amide bonds. The molecule has 3 aliphatic rings. The van der Waals surface area contributed by atoms with Gasteiger partial charge in [0.2, 0.25) is 0 Å². The molecule has 0 aromatic carbocycles. The van der Waals surface area contributed by atoms with Gasteiger partial charge in [0.05, 0.1) is 0 Å². The van der Waals surface area contributed by atoms with Crippen molar-refractivity contribution in [2.75, 3.05) is 66.0 Å². The van der Waals surface area contributed by atoms with E-state index in [0.717, 1.165) is 64.7 Å². The Hall–Kier alpha value is -1.34. The molecule has 0 aromatic rings. The van der Waals surface area contributed by atoms with Crippen LogP contribution in [0.1, 0.15) is 26.2 Å². The first-order valence-corrected chi connectivity index (χ1v) is 9.79. The van der Waals surface area contributed by atoms with E-state index in [-0.39, 0.29) is 12.0 Å². The summed E-state index contributed by atoms with van der Waals surface area (Å²) in [5.74, 6) is 1.85. The average Bonchev–Trinajstić information content (AvgIpc) is 3.34. The summed E-state index contributed by atoms with van der Waals surface area (Å²) in [5.41, 5.74) is 0. The molecule has 0 aromatic heterocycles. The fraction of sp³-hybridized carbons (Fsp3) is 0.889. The van der Waals surface area contributed by atoms with E-state index in [0.29, 0.717) is 5.92 Å². The highest BCUT2D eigenvalue weighted by Gasteiger charge is 2.31. The van der Waals surface area contributed by atoms with E-state index in [4.69, 9.17) is 4.74 Å². The third kappa shape index (κ3) is 4.64. The monoisotopic (exact) mass is 351 g/mol. The van der Waals surface area contributed by atoms with E-state index >= 15 is 0 Å². The molecule has 2 atom stereocenters. The van der Waals surface area contributed by atoms with Crippen LogP contribution < -0.4 is 5.32 Å². The first-order chi connectivity index (χ1) is 12.2. The molecule has 0 aliphatic carbocycles. The topological polar surface area (TPSA) is 60.4 Å². The maximum Gasteiger partial charge on any atom is 0.251 e. The Bertz CT molecular complexity index is 470. The van der Waals surface area contributed by atoms with Gasteiger partial charge in [-0.2, -0.15) is 0 Å². The Kier molecular flexibility index (Phi) is 6.53. The summed E-state index contributed by atoms with van der Waals surface area (Å²) < 4.78 is 5.53. The van der Waals surface area contributed by atoms with Gasteiger partial charge in [-0.1, -0.05) is 6.92 Å². The summed E-state index contributed by atoms with van der Waals surface area (Å²) in [6.07, 6.45) is 2.94. The predicted octanol–water partition coefficient (Wildman–Crippen LogP) is 0.227. The number of piperazine rings is 1. The number of carbonyl (C=O) groups is 1. The summed E-state index contributed by atoms with van der Waals surface area (Å²) >= 11 is 0. The molecule has 0 saturated carbocycles. The molecule has 1 N–H and O–H groups in total. The Morgan fingerprint density at radius 1 is 1.16 bits per heavy atom. The van der Waals surface area contributed by atoms with Crippen molar-refractivity contribution in [2.45, 2.75) is 32.3 Å². The minimum absolute atomic E-state index is 0.172. The van der Waals surface area contributed by atoms with Crippen molar-refractivity contribution < 1.29 is 9.53 Å².